The number of nitriles is 5. The summed E-state index contributed by atoms with van der Waals surface area (Å²) in [6, 6.07) is 73.6. The molecule has 22 heteroatoms. The molecule has 0 atom stereocenters. The number of rotatable bonds is 13. The van der Waals surface area contributed by atoms with E-state index < -0.39 is 28.8 Å². The lowest BCUT2D eigenvalue weighted by Gasteiger charge is -2.19. The molecule has 0 amide bonds. The van der Waals surface area contributed by atoms with Crippen LogP contribution in [0.1, 0.15) is 133 Å². The Bertz CT molecular complexity index is 4740. The lowest BCUT2D eigenvalue weighted by Crippen LogP contribution is -2.29. The van der Waals surface area contributed by atoms with Crippen molar-refractivity contribution in [1.29, 1.82) is 26.3 Å². The summed E-state index contributed by atoms with van der Waals surface area (Å²) in [6.45, 7) is 27.0. The zero-order valence-corrected chi connectivity index (χ0v) is 74.8. The molecule has 2 N–H and O–H groups in total. The van der Waals surface area contributed by atoms with E-state index in [0.717, 1.165) is 83.1 Å². The lowest BCUT2D eigenvalue weighted by molar-refractivity contribution is 0.426. The van der Waals surface area contributed by atoms with Crippen molar-refractivity contribution in [2.45, 2.75) is 142 Å². The third-order valence-corrected chi connectivity index (χ3v) is 19.8. The van der Waals surface area contributed by atoms with Gasteiger partial charge in [0.1, 0.15) is 25.3 Å². The highest BCUT2D eigenvalue weighted by molar-refractivity contribution is 9.11. The highest BCUT2D eigenvalue weighted by Gasteiger charge is 2.24. The molecule has 0 saturated carbocycles. The van der Waals surface area contributed by atoms with Crippen LogP contribution in [-0.2, 0) is 51.8 Å². The first-order chi connectivity index (χ1) is 50.5. The summed E-state index contributed by atoms with van der Waals surface area (Å²) >= 11 is 27.4. The third kappa shape index (κ3) is 33.5. The summed E-state index contributed by atoms with van der Waals surface area (Å²) < 4.78 is 9.93. The minimum absolute atomic E-state index is 0.408. The molecule has 0 spiro atoms. The summed E-state index contributed by atoms with van der Waals surface area (Å²) in [5, 5.41) is 72.2. The molecule has 107 heavy (non-hydrogen) atoms. The van der Waals surface area contributed by atoms with Crippen molar-refractivity contribution < 1.29 is 10.0 Å². The van der Waals surface area contributed by atoms with E-state index in [1.807, 2.05) is 160 Å². The molecule has 2 aromatic heterocycles. The summed E-state index contributed by atoms with van der Waals surface area (Å²) in [7, 11) is -1.34. The number of halogens is 8. The van der Waals surface area contributed by atoms with Crippen LogP contribution in [-0.4, -0.2) is 46.7 Å². The van der Waals surface area contributed by atoms with Gasteiger partial charge < -0.3 is 10.0 Å². The molecule has 0 saturated heterocycles. The number of hydrogen-bond acceptors (Lipinski definition) is 11. The van der Waals surface area contributed by atoms with Gasteiger partial charge in [-0.3, -0.25) is 0 Å². The van der Waals surface area contributed by atoms with Gasteiger partial charge in [0, 0.05) is 37.5 Å². The topological polar surface area (TPSA) is 221 Å². The van der Waals surface area contributed by atoms with Gasteiger partial charge in [0.25, 0.3) is 0 Å². The normalized spacial score (nSPS) is 10.5. The van der Waals surface area contributed by atoms with Gasteiger partial charge in [-0.05, 0) is 269 Å². The van der Waals surface area contributed by atoms with E-state index in [2.05, 4.69) is 272 Å². The van der Waals surface area contributed by atoms with Gasteiger partial charge in [-0.2, -0.15) is 36.5 Å². The Balaban J connectivity index is 0.000000264. The molecule has 552 valence electrons. The van der Waals surface area contributed by atoms with Gasteiger partial charge in [-0.25, -0.2) is 19.3 Å². The van der Waals surface area contributed by atoms with Gasteiger partial charge in [0.05, 0.1) is 71.5 Å². The van der Waals surface area contributed by atoms with Crippen LogP contribution in [0.25, 0.3) is 11.1 Å². The van der Waals surface area contributed by atoms with Crippen molar-refractivity contribution in [3.8, 4) is 41.5 Å². The first-order valence-corrected chi connectivity index (χ1v) is 40.5. The van der Waals surface area contributed by atoms with Gasteiger partial charge in [0.2, 0.25) is 0 Å². The fraction of sp³-hybridized carbons (Fsp3) is 0.259. The molecule has 2 heterocycles. The van der Waals surface area contributed by atoms with Crippen LogP contribution in [0.5, 0.6) is 0 Å². The number of aromatic nitrogens is 6. The van der Waals surface area contributed by atoms with Gasteiger partial charge in [0.15, 0.2) is 0 Å². The molecular formula is C85H86BBr8N11O2. The maximum Gasteiger partial charge on any atom is 0.488 e. The van der Waals surface area contributed by atoms with E-state index >= 15 is 0 Å². The number of nitrogens with zero attached hydrogens (tertiary/aromatic N) is 11. The molecule has 9 aromatic carbocycles. The molecule has 13 nitrogen and oxygen atoms in total. The monoisotopic (exact) mass is 1940 g/mol. The standard InChI is InChI=1S/C19H18N4.C13H13BrN4.C11H11Br2N.C11H12BrN.C9H8BrN.C8H8Br2.C8H9Br.C6H7BO2/c1-19(2,12-20)18-9-15(11-23-14-21-13-22-23)8-17(10-18)16-6-4-3-5-7-16;1-13(2,7-15)11-3-10(4-12(14)5-11)6-18-9-16-8-17-18;1-11(2,7-14)9-3-8(6-12)4-10(13)5-9;1-8-4-9(6-10(12)5-8)11(2,3)7-13;1-7-4-8(2-3-11)6-9(10)5-7;1-6-2-7(5-9)4-8(10)3-6;1-6-3-7(2)5-8(9)4-6;8-7(9)6-4-2-1-3-5-6/h3-10,13-14H,11H2,1-2H3;3-5,8-9H,6H2,1-2H3;3-5H,6H2,1-2H3;4-6H,1-3H3;4-6H,2H2,1H3;2-4H,5H2,1H3;3-5H,1-2H3;1-5,8-9H. The molecule has 0 bridgehead atoms. The number of aryl methyl sites for hydroxylation is 5. The van der Waals surface area contributed by atoms with Crippen LogP contribution in [0.3, 0.4) is 0 Å². The van der Waals surface area contributed by atoms with Crippen LogP contribution in [0.2, 0.25) is 0 Å². The molecule has 11 aromatic rings. The quantitative estimate of drug-likeness (QED) is 0.0816. The average molecular weight is 1940 g/mol. The number of benzene rings is 9. The summed E-state index contributed by atoms with van der Waals surface area (Å²) in [4.78, 5) is 7.90. The zero-order chi connectivity index (χ0) is 79.7. The lowest BCUT2D eigenvalue weighted by atomic mass is 9.81. The molecule has 0 fully saturated rings. The maximum absolute atomic E-state index is 9.48. The van der Waals surface area contributed by atoms with Crippen molar-refractivity contribution in [2.24, 2.45) is 0 Å². The Kier molecular flexibility index (Phi) is 39.1. The minimum atomic E-state index is -1.34. The summed E-state index contributed by atoms with van der Waals surface area (Å²) in [5.41, 5.74) is 17.0. The van der Waals surface area contributed by atoms with Crippen molar-refractivity contribution in [2.75, 3.05) is 0 Å². The van der Waals surface area contributed by atoms with E-state index in [0.29, 0.717) is 25.0 Å². The largest absolute Gasteiger partial charge is 0.488 e. The highest BCUT2D eigenvalue weighted by atomic mass is 79.9. The smallest absolute Gasteiger partial charge is 0.423 e. The Hall–Kier alpha value is -7.47. The average Bonchev–Trinajstić information content (AvgIpc) is 1.49. The van der Waals surface area contributed by atoms with E-state index in [9.17, 15) is 10.5 Å². The number of hydrogen-bond donors (Lipinski definition) is 2. The van der Waals surface area contributed by atoms with Crippen LogP contribution in [0.4, 0.5) is 0 Å². The van der Waals surface area contributed by atoms with Crippen molar-refractivity contribution >= 4 is 140 Å². The zero-order valence-electron chi connectivity index (χ0n) is 62.2. The molecule has 0 unspecified atom stereocenters. The molecule has 11 rings (SSSR count). The molecule has 0 radical (unpaired) electrons. The maximum atomic E-state index is 9.48. The Morgan fingerprint density at radius 1 is 0.364 bits per heavy atom. The van der Waals surface area contributed by atoms with E-state index in [1.165, 1.54) is 56.1 Å². The van der Waals surface area contributed by atoms with Crippen molar-refractivity contribution in [3.05, 3.63) is 318 Å². The fourth-order valence-electron chi connectivity index (χ4n) is 9.93. The highest BCUT2D eigenvalue weighted by Crippen LogP contribution is 2.32. The third-order valence-electron chi connectivity index (χ3n) is 15.8. The van der Waals surface area contributed by atoms with Gasteiger partial charge in [-0.1, -0.05) is 231 Å². The predicted molar refractivity (Wildman–Crippen MR) is 464 cm³/mol. The Labute approximate surface area is 700 Å². The SMILES string of the molecule is CC(C)(C#N)c1cc(Br)cc(CBr)c1.CC(C)(C#N)c1cc(Br)cc(Cn2cncn2)c1.CC(C)(C#N)c1cc(Cn2cncn2)cc(-c2ccccc2)c1.Cc1cc(Br)cc(C(C)(C)C#N)c1.Cc1cc(Br)cc(CBr)c1.Cc1cc(Br)cc(CC#N)c1.Cc1cc(C)cc(Br)c1.OB(O)c1ccccc1. The second-order valence-electron chi connectivity index (χ2n) is 27.1. The van der Waals surface area contributed by atoms with E-state index in [-0.39, 0.29) is 0 Å². The molecule has 0 aliphatic rings. The minimum Gasteiger partial charge on any atom is -0.423 e. The Morgan fingerprint density at radius 2 is 0.682 bits per heavy atom. The van der Waals surface area contributed by atoms with Crippen molar-refractivity contribution in [1.82, 2.24) is 29.5 Å². The first-order valence-electron chi connectivity index (χ1n) is 33.5. The van der Waals surface area contributed by atoms with E-state index in [1.54, 1.807) is 46.3 Å². The second-order valence-corrected chi connectivity index (χ2v) is 33.7. The summed E-state index contributed by atoms with van der Waals surface area (Å²) in [5.74, 6) is 0. The van der Waals surface area contributed by atoms with Crippen molar-refractivity contribution in [3.63, 3.8) is 0 Å². The first kappa shape index (κ1) is 91.9. The van der Waals surface area contributed by atoms with Gasteiger partial charge in [-0.15, -0.1) is 0 Å². The molecular weight excluding hydrogens is 1860 g/mol. The molecule has 0 aliphatic carbocycles. The van der Waals surface area contributed by atoms with Crippen LogP contribution >= 0.6 is 127 Å². The number of alkyl halides is 2. The Morgan fingerprint density at radius 3 is 1.04 bits per heavy atom. The fourth-order valence-corrected chi connectivity index (χ4v) is 14.3. The summed E-state index contributed by atoms with van der Waals surface area (Å²) in [6.07, 6.45) is 6.90. The second kappa shape index (κ2) is 45.5. The van der Waals surface area contributed by atoms with Crippen LogP contribution in [0, 0.1) is 91.3 Å². The van der Waals surface area contributed by atoms with Crippen LogP contribution < -0.4 is 5.46 Å². The van der Waals surface area contributed by atoms with E-state index in [4.69, 9.17) is 25.8 Å². The van der Waals surface area contributed by atoms with Crippen LogP contribution in [0.15, 0.2) is 240 Å². The van der Waals surface area contributed by atoms with Gasteiger partial charge >= 0.3 is 7.12 Å². The predicted octanol–water partition coefficient (Wildman–Crippen LogP) is 23.3. The molecule has 0 aliphatic heterocycles.